The molecule has 0 amide bonds. The SMILES string of the molecule is C=C1CCC(C)(C(C)CC(=O)CC(C)C(=O)O)C12CCC1=C2CCC2C(C)(C)C(=O)CCC12C. The minimum Gasteiger partial charge on any atom is -0.481 e. The van der Waals surface area contributed by atoms with Crippen molar-refractivity contribution < 1.29 is 19.5 Å². The molecule has 34 heavy (non-hydrogen) atoms. The third-order valence-electron chi connectivity index (χ3n) is 11.3. The first-order chi connectivity index (χ1) is 15.7. The van der Waals surface area contributed by atoms with E-state index in [9.17, 15) is 19.5 Å². The lowest BCUT2D eigenvalue weighted by Gasteiger charge is -2.55. The van der Waals surface area contributed by atoms with E-state index in [1.165, 1.54) is 5.57 Å². The summed E-state index contributed by atoms with van der Waals surface area (Å²) in [5, 5.41) is 9.24. The van der Waals surface area contributed by atoms with E-state index in [4.69, 9.17) is 0 Å². The van der Waals surface area contributed by atoms with E-state index >= 15 is 0 Å². The molecule has 188 valence electrons. The van der Waals surface area contributed by atoms with Gasteiger partial charge in [-0.2, -0.15) is 0 Å². The summed E-state index contributed by atoms with van der Waals surface area (Å²) in [4.78, 5) is 36.9. The average Bonchev–Trinajstić information content (AvgIpc) is 3.27. The molecule has 4 nitrogen and oxygen atoms in total. The number of allylic oxidation sites excluding steroid dienone is 3. The molecule has 1 spiro atoms. The van der Waals surface area contributed by atoms with Gasteiger partial charge in [0, 0.05) is 30.1 Å². The topological polar surface area (TPSA) is 71.4 Å². The van der Waals surface area contributed by atoms with E-state index in [1.807, 2.05) is 0 Å². The fourth-order valence-corrected chi connectivity index (χ4v) is 9.06. The smallest absolute Gasteiger partial charge is 0.306 e. The van der Waals surface area contributed by atoms with Crippen LogP contribution in [0.15, 0.2) is 23.3 Å². The molecule has 0 aromatic carbocycles. The molecule has 0 heterocycles. The van der Waals surface area contributed by atoms with Gasteiger partial charge in [0.25, 0.3) is 0 Å². The number of rotatable bonds is 6. The largest absolute Gasteiger partial charge is 0.481 e. The van der Waals surface area contributed by atoms with E-state index in [-0.39, 0.29) is 39.8 Å². The van der Waals surface area contributed by atoms with Gasteiger partial charge >= 0.3 is 5.97 Å². The van der Waals surface area contributed by atoms with Gasteiger partial charge in [0.1, 0.15) is 11.6 Å². The van der Waals surface area contributed by atoms with Crippen LogP contribution in [0.2, 0.25) is 0 Å². The highest BCUT2D eigenvalue weighted by Crippen LogP contribution is 2.73. The Kier molecular flexibility index (Phi) is 6.10. The molecule has 0 saturated heterocycles. The van der Waals surface area contributed by atoms with Gasteiger partial charge < -0.3 is 5.11 Å². The second-order valence-corrected chi connectivity index (χ2v) is 13.1. The lowest BCUT2D eigenvalue weighted by atomic mass is 9.48. The van der Waals surface area contributed by atoms with Crippen LogP contribution < -0.4 is 0 Å². The maximum absolute atomic E-state index is 12.8. The Balaban J connectivity index is 1.69. The quantitative estimate of drug-likeness (QED) is 0.429. The molecule has 4 heteroatoms. The van der Waals surface area contributed by atoms with Crippen molar-refractivity contribution in [3.05, 3.63) is 23.3 Å². The van der Waals surface area contributed by atoms with Crippen molar-refractivity contribution in [2.75, 3.05) is 0 Å². The molecule has 0 bridgehead atoms. The van der Waals surface area contributed by atoms with Crippen molar-refractivity contribution >= 4 is 17.5 Å². The van der Waals surface area contributed by atoms with Crippen LogP contribution in [0, 0.1) is 39.4 Å². The number of carbonyl (C=O) groups is 3. The van der Waals surface area contributed by atoms with Crippen LogP contribution >= 0.6 is 0 Å². The summed E-state index contributed by atoms with van der Waals surface area (Å²) in [7, 11) is 0. The van der Waals surface area contributed by atoms with Crippen LogP contribution in [0.3, 0.4) is 0 Å². The number of aliphatic carboxylic acids is 1. The summed E-state index contributed by atoms with van der Waals surface area (Å²) in [5.74, 6) is -0.485. The molecule has 2 saturated carbocycles. The number of Topliss-reactive ketones (excluding diaryl/α,β-unsaturated/α-hetero) is 2. The zero-order valence-electron chi connectivity index (χ0n) is 22.2. The highest BCUT2D eigenvalue weighted by atomic mass is 16.4. The number of carboxylic acid groups (broad SMARTS) is 1. The Morgan fingerprint density at radius 1 is 0.971 bits per heavy atom. The van der Waals surface area contributed by atoms with Gasteiger partial charge in [-0.15, -0.1) is 0 Å². The van der Waals surface area contributed by atoms with E-state index < -0.39 is 11.9 Å². The zero-order chi connectivity index (χ0) is 25.3. The number of carbonyl (C=O) groups excluding carboxylic acids is 2. The molecular weight excluding hydrogens is 424 g/mol. The third-order valence-corrected chi connectivity index (χ3v) is 11.3. The van der Waals surface area contributed by atoms with Crippen molar-refractivity contribution in [1.82, 2.24) is 0 Å². The first-order valence-electron chi connectivity index (χ1n) is 13.4. The van der Waals surface area contributed by atoms with Gasteiger partial charge in [0.15, 0.2) is 0 Å². The molecule has 6 unspecified atom stereocenters. The van der Waals surface area contributed by atoms with Crippen LogP contribution in [0.4, 0.5) is 0 Å². The number of hydrogen-bond donors (Lipinski definition) is 1. The lowest BCUT2D eigenvalue weighted by molar-refractivity contribution is -0.143. The summed E-state index contributed by atoms with van der Waals surface area (Å²) in [6, 6.07) is 0. The third kappa shape index (κ3) is 3.33. The van der Waals surface area contributed by atoms with Gasteiger partial charge in [-0.05, 0) is 67.6 Å². The minimum atomic E-state index is -0.901. The lowest BCUT2D eigenvalue weighted by Crippen LogP contribution is -2.50. The van der Waals surface area contributed by atoms with E-state index in [2.05, 4.69) is 41.2 Å². The highest BCUT2D eigenvalue weighted by molar-refractivity contribution is 5.86. The molecule has 4 aliphatic rings. The summed E-state index contributed by atoms with van der Waals surface area (Å²) in [6.07, 6.45) is 8.48. The van der Waals surface area contributed by atoms with Crippen LogP contribution in [0.25, 0.3) is 0 Å². The van der Waals surface area contributed by atoms with Crippen LogP contribution in [-0.4, -0.2) is 22.6 Å². The molecular formula is C30H44O4. The average molecular weight is 469 g/mol. The fourth-order valence-electron chi connectivity index (χ4n) is 9.06. The molecule has 6 atom stereocenters. The summed E-state index contributed by atoms with van der Waals surface area (Å²) < 4.78 is 0. The van der Waals surface area contributed by atoms with Crippen molar-refractivity contribution in [2.24, 2.45) is 39.4 Å². The Labute approximate surface area is 205 Å². The van der Waals surface area contributed by atoms with Crippen molar-refractivity contribution in [2.45, 2.75) is 106 Å². The first-order valence-corrected chi connectivity index (χ1v) is 13.4. The number of ketones is 2. The van der Waals surface area contributed by atoms with Gasteiger partial charge in [0.2, 0.25) is 0 Å². The number of fused-ring (bicyclic) bond motifs is 3. The number of carboxylic acids is 1. The van der Waals surface area contributed by atoms with Gasteiger partial charge in [-0.25, -0.2) is 0 Å². The summed E-state index contributed by atoms with van der Waals surface area (Å²) in [5.41, 5.74) is 4.25. The standard InChI is InChI=1S/C30H44O4/c1-18(26(33)34)16-21(31)17-20(3)29(7)14-10-19(2)30(29)15-11-22-23(30)8-9-24-27(4,5)25(32)12-13-28(22,24)6/h18,20,24H,2,8-17H2,1,3-7H3,(H,33,34). The molecule has 0 aliphatic heterocycles. The molecule has 2 fully saturated rings. The Hall–Kier alpha value is -1.71. The Bertz CT molecular complexity index is 970. The molecule has 1 N–H and O–H groups in total. The monoisotopic (exact) mass is 468 g/mol. The zero-order valence-corrected chi connectivity index (χ0v) is 22.2. The Morgan fingerprint density at radius 2 is 1.65 bits per heavy atom. The van der Waals surface area contributed by atoms with E-state index in [1.54, 1.807) is 18.1 Å². The molecule has 0 aromatic heterocycles. The maximum Gasteiger partial charge on any atom is 0.306 e. The molecule has 4 aliphatic carbocycles. The molecule has 0 aromatic rings. The van der Waals surface area contributed by atoms with Crippen LogP contribution in [-0.2, 0) is 14.4 Å². The normalized spacial score (nSPS) is 38.6. The fraction of sp³-hybridized carbons (Fsp3) is 0.767. The van der Waals surface area contributed by atoms with Gasteiger partial charge in [0.05, 0.1) is 5.92 Å². The summed E-state index contributed by atoms with van der Waals surface area (Å²) >= 11 is 0. The van der Waals surface area contributed by atoms with Crippen molar-refractivity contribution in [3.63, 3.8) is 0 Å². The molecule has 4 rings (SSSR count). The van der Waals surface area contributed by atoms with Crippen LogP contribution in [0.5, 0.6) is 0 Å². The van der Waals surface area contributed by atoms with E-state index in [0.29, 0.717) is 24.5 Å². The van der Waals surface area contributed by atoms with Crippen molar-refractivity contribution in [1.29, 1.82) is 0 Å². The predicted octanol–water partition coefficient (Wildman–Crippen LogP) is 6.93. The molecule has 0 radical (unpaired) electrons. The van der Waals surface area contributed by atoms with Crippen LogP contribution in [0.1, 0.15) is 106 Å². The van der Waals surface area contributed by atoms with E-state index in [0.717, 1.165) is 44.9 Å². The van der Waals surface area contributed by atoms with Gasteiger partial charge in [-0.3, -0.25) is 14.4 Å². The second-order valence-electron chi connectivity index (χ2n) is 13.1. The summed E-state index contributed by atoms with van der Waals surface area (Å²) in [6.45, 7) is 17.6. The highest BCUT2D eigenvalue weighted by Gasteiger charge is 2.64. The number of hydrogen-bond acceptors (Lipinski definition) is 3. The first kappa shape index (κ1) is 25.4. The second kappa shape index (κ2) is 8.17. The Morgan fingerprint density at radius 3 is 2.29 bits per heavy atom. The minimum absolute atomic E-state index is 0.0491. The maximum atomic E-state index is 12.8. The van der Waals surface area contributed by atoms with Gasteiger partial charge in [-0.1, -0.05) is 64.8 Å². The predicted molar refractivity (Wildman–Crippen MR) is 134 cm³/mol. The van der Waals surface area contributed by atoms with Crippen molar-refractivity contribution in [3.8, 4) is 0 Å².